The first-order valence-electron chi connectivity index (χ1n) is 11.3. The summed E-state index contributed by atoms with van der Waals surface area (Å²) >= 11 is 6.13. The molecule has 3 aromatic rings. The number of halogens is 1. The Hall–Kier alpha value is -3.85. The number of aromatic amines is 1. The first kappa shape index (κ1) is 22.9. The molecule has 180 valence electrons. The lowest BCUT2D eigenvalue weighted by molar-refractivity contribution is -0.121. The Morgan fingerprint density at radius 3 is 2.57 bits per heavy atom. The number of nitrogens with one attached hydrogen (secondary N) is 3. The number of amides is 4. The molecular weight excluding hydrogens is 468 g/mol. The maximum atomic E-state index is 13.4. The SMILES string of the molecule is CN(C)C(=N)c1ccc(N2C(=O)[C@@H]3[C@H](NC(=O)c4ccc5c(Cl)c[nH]c5c4)CCCN3C2=O)cc1. The fourth-order valence-corrected chi connectivity index (χ4v) is 4.99. The van der Waals surface area contributed by atoms with Gasteiger partial charge in [-0.2, -0.15) is 0 Å². The van der Waals surface area contributed by atoms with Crippen molar-refractivity contribution >= 4 is 51.9 Å². The summed E-state index contributed by atoms with van der Waals surface area (Å²) in [5.41, 5.74) is 2.32. The van der Waals surface area contributed by atoms with E-state index in [0.29, 0.717) is 47.1 Å². The predicted molar refractivity (Wildman–Crippen MR) is 134 cm³/mol. The molecule has 4 amide bonds. The lowest BCUT2D eigenvalue weighted by atomic mass is 9.96. The number of amidine groups is 1. The number of imide groups is 1. The molecule has 9 nitrogen and oxygen atoms in total. The average molecular weight is 493 g/mol. The Morgan fingerprint density at radius 2 is 1.86 bits per heavy atom. The van der Waals surface area contributed by atoms with E-state index < -0.39 is 18.1 Å². The number of anilines is 1. The van der Waals surface area contributed by atoms with Gasteiger partial charge in [0.2, 0.25) is 0 Å². The number of rotatable bonds is 4. The fraction of sp³-hybridized carbons (Fsp3) is 0.280. The fourth-order valence-electron chi connectivity index (χ4n) is 4.77. The molecule has 1 aromatic heterocycles. The van der Waals surface area contributed by atoms with Crippen LogP contribution in [0.25, 0.3) is 10.9 Å². The van der Waals surface area contributed by atoms with Crippen molar-refractivity contribution in [3.05, 3.63) is 64.8 Å². The molecular formula is C25H25ClN6O3. The van der Waals surface area contributed by atoms with Crippen LogP contribution < -0.4 is 10.2 Å². The third-order valence-electron chi connectivity index (χ3n) is 6.60. The summed E-state index contributed by atoms with van der Waals surface area (Å²) in [5, 5.41) is 12.5. The van der Waals surface area contributed by atoms with Crippen molar-refractivity contribution in [2.24, 2.45) is 0 Å². The Kier molecular flexibility index (Phi) is 5.72. The molecule has 2 fully saturated rings. The van der Waals surface area contributed by atoms with Gasteiger partial charge in [0.1, 0.15) is 11.9 Å². The van der Waals surface area contributed by atoms with Gasteiger partial charge in [-0.1, -0.05) is 17.7 Å². The van der Waals surface area contributed by atoms with Crippen LogP contribution in [0.5, 0.6) is 0 Å². The molecule has 3 N–H and O–H groups in total. The predicted octanol–water partition coefficient (Wildman–Crippen LogP) is 3.44. The topological polar surface area (TPSA) is 113 Å². The number of hydrogen-bond acceptors (Lipinski definition) is 4. The zero-order valence-electron chi connectivity index (χ0n) is 19.3. The summed E-state index contributed by atoms with van der Waals surface area (Å²) in [7, 11) is 3.56. The van der Waals surface area contributed by atoms with Crippen LogP contribution in [0.2, 0.25) is 5.02 Å². The molecule has 10 heteroatoms. The van der Waals surface area contributed by atoms with Gasteiger partial charge in [-0.05, 0) is 49.2 Å². The van der Waals surface area contributed by atoms with Gasteiger partial charge in [-0.15, -0.1) is 0 Å². The van der Waals surface area contributed by atoms with Crippen molar-refractivity contribution in [2.75, 3.05) is 25.5 Å². The molecule has 0 unspecified atom stereocenters. The highest BCUT2D eigenvalue weighted by Crippen LogP contribution is 2.31. The van der Waals surface area contributed by atoms with Crippen molar-refractivity contribution < 1.29 is 14.4 Å². The van der Waals surface area contributed by atoms with Crippen molar-refractivity contribution in [1.82, 2.24) is 20.1 Å². The minimum absolute atomic E-state index is 0.310. The second-order valence-corrected chi connectivity index (χ2v) is 9.41. The highest BCUT2D eigenvalue weighted by atomic mass is 35.5. The number of nitrogens with zero attached hydrogens (tertiary/aromatic N) is 3. The van der Waals surface area contributed by atoms with Crippen molar-refractivity contribution in [2.45, 2.75) is 24.9 Å². The second-order valence-electron chi connectivity index (χ2n) is 9.00. The van der Waals surface area contributed by atoms with Gasteiger partial charge < -0.3 is 20.1 Å². The normalized spacial score (nSPS) is 19.7. The maximum Gasteiger partial charge on any atom is 0.332 e. The van der Waals surface area contributed by atoms with E-state index in [1.165, 1.54) is 4.90 Å². The number of hydrogen-bond donors (Lipinski definition) is 3. The number of aromatic nitrogens is 1. The number of piperidine rings is 1. The molecule has 0 aliphatic carbocycles. The van der Waals surface area contributed by atoms with Gasteiger partial charge in [0.05, 0.1) is 16.8 Å². The van der Waals surface area contributed by atoms with Gasteiger partial charge in [-0.3, -0.25) is 15.0 Å². The van der Waals surface area contributed by atoms with Gasteiger partial charge >= 0.3 is 6.03 Å². The Bertz CT molecular complexity index is 1350. The van der Waals surface area contributed by atoms with E-state index in [0.717, 1.165) is 10.9 Å². The molecule has 3 heterocycles. The number of fused-ring (bicyclic) bond motifs is 2. The number of carbonyl (C=O) groups is 3. The van der Waals surface area contributed by atoms with E-state index in [9.17, 15) is 14.4 Å². The van der Waals surface area contributed by atoms with Crippen LogP contribution in [0, 0.1) is 5.41 Å². The monoisotopic (exact) mass is 492 g/mol. The first-order chi connectivity index (χ1) is 16.8. The molecule has 0 radical (unpaired) electrons. The van der Waals surface area contributed by atoms with Crippen molar-refractivity contribution in [3.8, 4) is 0 Å². The highest BCUT2D eigenvalue weighted by molar-refractivity contribution is 6.35. The summed E-state index contributed by atoms with van der Waals surface area (Å²) in [4.78, 5) is 47.1. The van der Waals surface area contributed by atoms with Gasteiger partial charge in [0.25, 0.3) is 11.8 Å². The summed E-state index contributed by atoms with van der Waals surface area (Å²) < 4.78 is 0. The number of urea groups is 1. The highest BCUT2D eigenvalue weighted by Gasteiger charge is 2.51. The molecule has 2 atom stereocenters. The quantitative estimate of drug-likeness (QED) is 0.294. The minimum atomic E-state index is -0.761. The van der Waals surface area contributed by atoms with Crippen LogP contribution in [0.3, 0.4) is 0 Å². The van der Waals surface area contributed by atoms with Crippen LogP contribution in [0.1, 0.15) is 28.8 Å². The smallest absolute Gasteiger partial charge is 0.332 e. The van der Waals surface area contributed by atoms with E-state index >= 15 is 0 Å². The van der Waals surface area contributed by atoms with Gasteiger partial charge in [0.15, 0.2) is 0 Å². The average Bonchev–Trinajstić information content (AvgIpc) is 3.35. The number of carbonyl (C=O) groups excluding carboxylic acids is 3. The molecule has 2 aliphatic heterocycles. The molecule has 0 spiro atoms. The third kappa shape index (κ3) is 3.91. The van der Waals surface area contributed by atoms with E-state index in [-0.39, 0.29) is 11.8 Å². The molecule has 0 bridgehead atoms. The Morgan fingerprint density at radius 1 is 1.14 bits per heavy atom. The molecule has 0 saturated carbocycles. The largest absolute Gasteiger partial charge is 0.363 e. The molecule has 2 saturated heterocycles. The van der Waals surface area contributed by atoms with Crippen LogP contribution in [-0.2, 0) is 4.79 Å². The summed E-state index contributed by atoms with van der Waals surface area (Å²) in [6.45, 7) is 0.453. The van der Waals surface area contributed by atoms with Gasteiger partial charge in [-0.25, -0.2) is 9.69 Å². The lowest BCUT2D eigenvalue weighted by Crippen LogP contribution is -2.55. The zero-order valence-corrected chi connectivity index (χ0v) is 20.1. The Labute approximate surface area is 207 Å². The summed E-state index contributed by atoms with van der Waals surface area (Å²) in [6, 6.07) is 10.3. The standard InChI is InChI=1S/C25H25ClN6O3/c1-30(2)22(27)14-5-8-16(9-6-14)32-24(34)21-19(4-3-11-31(21)25(32)35)29-23(33)15-7-10-17-18(26)13-28-20(17)12-15/h5-10,12-13,19,21,27-28H,3-4,11H2,1-2H3,(H,29,33)/t19-,21+/m1/s1. The van der Waals surface area contributed by atoms with Crippen molar-refractivity contribution in [1.29, 1.82) is 5.41 Å². The number of benzene rings is 2. The third-order valence-corrected chi connectivity index (χ3v) is 6.91. The van der Waals surface area contributed by atoms with E-state index in [1.54, 1.807) is 72.6 Å². The minimum Gasteiger partial charge on any atom is -0.363 e. The van der Waals surface area contributed by atoms with Crippen LogP contribution >= 0.6 is 11.6 Å². The molecule has 35 heavy (non-hydrogen) atoms. The van der Waals surface area contributed by atoms with Crippen LogP contribution in [0.15, 0.2) is 48.7 Å². The molecule has 2 aromatic carbocycles. The maximum absolute atomic E-state index is 13.4. The second kappa shape index (κ2) is 8.74. The zero-order chi connectivity index (χ0) is 24.9. The van der Waals surface area contributed by atoms with Crippen LogP contribution in [-0.4, -0.2) is 71.2 Å². The number of H-pyrrole nitrogens is 1. The van der Waals surface area contributed by atoms with E-state index in [4.69, 9.17) is 17.0 Å². The first-order valence-corrected chi connectivity index (χ1v) is 11.7. The van der Waals surface area contributed by atoms with E-state index in [1.807, 2.05) is 0 Å². The Balaban J connectivity index is 1.36. The molecule has 2 aliphatic rings. The summed E-state index contributed by atoms with van der Waals surface area (Å²) in [5.74, 6) is -0.340. The van der Waals surface area contributed by atoms with Gasteiger partial charge in [0, 0.05) is 48.9 Å². The van der Waals surface area contributed by atoms with E-state index in [2.05, 4.69) is 10.3 Å². The molecule has 5 rings (SSSR count). The van der Waals surface area contributed by atoms with Crippen molar-refractivity contribution in [3.63, 3.8) is 0 Å². The summed E-state index contributed by atoms with van der Waals surface area (Å²) in [6.07, 6.45) is 2.94. The van der Waals surface area contributed by atoms with Crippen LogP contribution in [0.4, 0.5) is 10.5 Å². The lowest BCUT2D eigenvalue weighted by Gasteiger charge is -2.34.